The lowest BCUT2D eigenvalue weighted by molar-refractivity contribution is -0.134. The van der Waals surface area contributed by atoms with Gasteiger partial charge in [-0.3, -0.25) is 4.79 Å². The topological polar surface area (TPSA) is 32.7 Å². The van der Waals surface area contributed by atoms with E-state index in [1.807, 2.05) is 11.9 Å². The molecule has 4 atom stereocenters. The fraction of sp³-hybridized carbons (Fsp3) is 0.714. The van der Waals surface area contributed by atoms with Crippen LogP contribution in [0.1, 0.15) is 66.2 Å². The van der Waals surface area contributed by atoms with Crippen LogP contribution in [0.2, 0.25) is 0 Å². The van der Waals surface area contributed by atoms with Crippen molar-refractivity contribution in [2.75, 3.05) is 7.05 Å². The van der Waals surface area contributed by atoms with Gasteiger partial charge in [0.15, 0.2) is 0 Å². The van der Waals surface area contributed by atoms with Crippen molar-refractivity contribution < 1.29 is 4.79 Å². The predicted octanol–water partition coefficient (Wildman–Crippen LogP) is 5.52. The normalized spacial score (nSPS) is 36.6. The molecule has 0 radical (unpaired) electrons. The average molecular weight is 363 g/mol. The van der Waals surface area contributed by atoms with Crippen LogP contribution in [0.5, 0.6) is 0 Å². The van der Waals surface area contributed by atoms with Crippen LogP contribution in [0.4, 0.5) is 0 Å². The van der Waals surface area contributed by atoms with E-state index in [1.54, 1.807) is 0 Å². The Morgan fingerprint density at radius 3 is 2.68 bits per heavy atom. The van der Waals surface area contributed by atoms with Crippen molar-refractivity contribution in [2.45, 2.75) is 66.2 Å². The van der Waals surface area contributed by atoms with Crippen LogP contribution >= 0.6 is 11.6 Å². The third-order valence-corrected chi connectivity index (χ3v) is 7.20. The number of amides is 1. The van der Waals surface area contributed by atoms with E-state index in [0.29, 0.717) is 17.0 Å². The number of carbonyl (C=O) groups excluding carboxylic acids is 1. The average Bonchev–Trinajstić information content (AvgIpc) is 3.28. The Bertz CT molecular complexity index is 663. The van der Waals surface area contributed by atoms with Crippen molar-refractivity contribution in [2.24, 2.45) is 28.2 Å². The van der Waals surface area contributed by atoms with Crippen molar-refractivity contribution in [3.63, 3.8) is 0 Å². The molecule has 3 aliphatic rings. The number of aliphatic imine (C=N–C) groups is 1. The van der Waals surface area contributed by atoms with Crippen molar-refractivity contribution in [3.05, 3.63) is 23.0 Å². The molecular weight excluding hydrogens is 332 g/mol. The third kappa shape index (κ3) is 3.20. The Kier molecular flexibility index (Phi) is 5.16. The van der Waals surface area contributed by atoms with Crippen LogP contribution < -0.4 is 0 Å². The first-order valence-corrected chi connectivity index (χ1v) is 10.1. The first-order chi connectivity index (χ1) is 11.8. The lowest BCUT2D eigenvalue weighted by atomic mass is 9.87. The molecular formula is C21H31ClN2O. The molecule has 3 nitrogen and oxygen atoms in total. The van der Waals surface area contributed by atoms with Gasteiger partial charge in [0.1, 0.15) is 5.17 Å². The molecule has 4 unspecified atom stereocenters. The maximum Gasteiger partial charge on any atom is 0.233 e. The number of hydrogen-bond acceptors (Lipinski definition) is 2. The van der Waals surface area contributed by atoms with E-state index in [1.165, 1.54) is 5.57 Å². The van der Waals surface area contributed by atoms with E-state index in [4.69, 9.17) is 16.6 Å². The maximum atomic E-state index is 13.3. The predicted molar refractivity (Wildman–Crippen MR) is 104 cm³/mol. The summed E-state index contributed by atoms with van der Waals surface area (Å²) < 4.78 is 0. The van der Waals surface area contributed by atoms with Gasteiger partial charge in [-0.05, 0) is 56.4 Å². The molecule has 0 N–H and O–H groups in total. The van der Waals surface area contributed by atoms with Gasteiger partial charge >= 0.3 is 0 Å². The van der Waals surface area contributed by atoms with Crippen LogP contribution in [0, 0.1) is 23.2 Å². The highest BCUT2D eigenvalue weighted by atomic mass is 35.5. The van der Waals surface area contributed by atoms with Gasteiger partial charge in [0.05, 0.1) is 16.8 Å². The minimum Gasteiger partial charge on any atom is -0.313 e. The lowest BCUT2D eigenvalue weighted by Crippen LogP contribution is -2.36. The van der Waals surface area contributed by atoms with Crippen molar-refractivity contribution in [3.8, 4) is 0 Å². The van der Waals surface area contributed by atoms with Crippen LogP contribution in [-0.2, 0) is 4.79 Å². The number of fused-ring (bicyclic) bond motifs is 1. The molecule has 138 valence electrons. The summed E-state index contributed by atoms with van der Waals surface area (Å²) in [5.74, 6) is 1.47. The Hall–Kier alpha value is -1.09. The first-order valence-electron chi connectivity index (χ1n) is 9.75. The fourth-order valence-electron chi connectivity index (χ4n) is 4.48. The number of hydrogen-bond donors (Lipinski definition) is 0. The highest BCUT2D eigenvalue weighted by Gasteiger charge is 2.58. The SMILES string of the molecule is CCC1CC=C2C(=C(C)C(C)CCCC3(CC3C)C(=O)N2C)N=C1Cl. The van der Waals surface area contributed by atoms with Crippen molar-refractivity contribution >= 4 is 22.7 Å². The summed E-state index contributed by atoms with van der Waals surface area (Å²) in [6.07, 6.45) is 8.25. The molecule has 1 amide bonds. The van der Waals surface area contributed by atoms with E-state index in [0.717, 1.165) is 49.9 Å². The Morgan fingerprint density at radius 1 is 1.40 bits per heavy atom. The number of allylic oxidation sites excluding steroid dienone is 2. The fourth-order valence-corrected chi connectivity index (χ4v) is 4.81. The van der Waals surface area contributed by atoms with E-state index in [-0.39, 0.29) is 17.2 Å². The van der Waals surface area contributed by atoms with E-state index in [9.17, 15) is 4.79 Å². The largest absolute Gasteiger partial charge is 0.313 e. The summed E-state index contributed by atoms with van der Waals surface area (Å²) in [6.45, 7) is 8.79. The van der Waals surface area contributed by atoms with Crippen LogP contribution in [0.25, 0.3) is 0 Å². The van der Waals surface area contributed by atoms with E-state index < -0.39 is 0 Å². The molecule has 0 bridgehead atoms. The zero-order chi connectivity index (χ0) is 18.4. The molecule has 3 rings (SSSR count). The third-order valence-electron chi connectivity index (χ3n) is 6.80. The molecule has 2 heterocycles. The molecule has 2 aliphatic heterocycles. The quantitative estimate of drug-likeness (QED) is 0.604. The molecule has 4 heteroatoms. The van der Waals surface area contributed by atoms with Gasteiger partial charge in [-0.1, -0.05) is 44.9 Å². The minimum absolute atomic E-state index is 0.143. The van der Waals surface area contributed by atoms with Crippen LogP contribution in [-0.4, -0.2) is 23.0 Å². The molecule has 1 fully saturated rings. The Morgan fingerprint density at radius 2 is 2.08 bits per heavy atom. The number of likely N-dealkylation sites (N-methyl/N-ethyl adjacent to an activating group) is 1. The molecule has 1 spiro atoms. The van der Waals surface area contributed by atoms with Gasteiger partial charge in [0, 0.05) is 13.0 Å². The summed E-state index contributed by atoms with van der Waals surface area (Å²) in [6, 6.07) is 0. The second-order valence-electron chi connectivity index (χ2n) is 8.32. The molecule has 0 aromatic carbocycles. The number of halogens is 1. The van der Waals surface area contributed by atoms with Gasteiger partial charge in [-0.25, -0.2) is 4.99 Å². The summed E-state index contributed by atoms with van der Waals surface area (Å²) >= 11 is 6.54. The van der Waals surface area contributed by atoms with Crippen LogP contribution in [0.15, 0.2) is 28.0 Å². The number of carbonyl (C=O) groups is 1. The summed E-state index contributed by atoms with van der Waals surface area (Å²) in [5, 5.41) is 0.683. The zero-order valence-corrected chi connectivity index (χ0v) is 17.0. The van der Waals surface area contributed by atoms with E-state index in [2.05, 4.69) is 33.8 Å². The van der Waals surface area contributed by atoms with Gasteiger partial charge < -0.3 is 4.90 Å². The monoisotopic (exact) mass is 362 g/mol. The second-order valence-corrected chi connectivity index (χ2v) is 8.70. The first kappa shape index (κ1) is 18.7. The molecule has 1 aliphatic carbocycles. The Balaban J connectivity index is 2.10. The standard InChI is InChI=1S/C21H31ClN2O/c1-6-16-9-10-17-18(23-19(16)22)15(4)13(2)8-7-11-21(12-14(21)3)20(25)24(17)5/h10,13-14,16H,6-9,11-12H2,1-5H3. The molecule has 0 aromatic rings. The smallest absolute Gasteiger partial charge is 0.233 e. The van der Waals surface area contributed by atoms with Gasteiger partial charge in [0.2, 0.25) is 5.91 Å². The molecule has 0 aromatic heterocycles. The maximum absolute atomic E-state index is 13.3. The van der Waals surface area contributed by atoms with Crippen molar-refractivity contribution in [1.29, 1.82) is 0 Å². The van der Waals surface area contributed by atoms with E-state index >= 15 is 0 Å². The summed E-state index contributed by atoms with van der Waals surface area (Å²) in [4.78, 5) is 20.0. The highest BCUT2D eigenvalue weighted by Crippen LogP contribution is 2.58. The highest BCUT2D eigenvalue weighted by molar-refractivity contribution is 6.66. The number of rotatable bonds is 1. The molecule has 1 saturated carbocycles. The van der Waals surface area contributed by atoms with Gasteiger partial charge in [-0.2, -0.15) is 0 Å². The number of nitrogens with zero attached hydrogens (tertiary/aromatic N) is 2. The lowest BCUT2D eigenvalue weighted by Gasteiger charge is -2.30. The second kappa shape index (κ2) is 6.90. The van der Waals surface area contributed by atoms with Gasteiger partial charge in [0.25, 0.3) is 0 Å². The minimum atomic E-state index is -0.143. The Labute approximate surface area is 157 Å². The zero-order valence-electron chi connectivity index (χ0n) is 16.2. The van der Waals surface area contributed by atoms with Crippen molar-refractivity contribution in [1.82, 2.24) is 4.90 Å². The van der Waals surface area contributed by atoms with Gasteiger partial charge in [-0.15, -0.1) is 0 Å². The summed E-state index contributed by atoms with van der Waals surface area (Å²) in [5.41, 5.74) is 2.99. The molecule has 25 heavy (non-hydrogen) atoms. The molecule has 0 saturated heterocycles. The summed E-state index contributed by atoms with van der Waals surface area (Å²) in [7, 11) is 1.93. The van der Waals surface area contributed by atoms with Crippen LogP contribution in [0.3, 0.4) is 0 Å².